The normalized spacial score (nSPS) is 14.2. The molecule has 0 aliphatic heterocycles. The lowest BCUT2D eigenvalue weighted by Gasteiger charge is -2.35. The van der Waals surface area contributed by atoms with Crippen molar-refractivity contribution in [1.82, 2.24) is 4.89 Å². The molecule has 0 saturated carbocycles. The van der Waals surface area contributed by atoms with E-state index in [1.807, 2.05) is 0 Å². The third-order valence-corrected chi connectivity index (χ3v) is 8.59. The Morgan fingerprint density at radius 2 is 1.87 bits per heavy atom. The van der Waals surface area contributed by atoms with Gasteiger partial charge >= 0.3 is 0 Å². The molecule has 0 saturated heterocycles. The molecule has 1 N–H and O–H groups in total. The maximum atomic E-state index is 14.2. The highest BCUT2D eigenvalue weighted by atomic mass is 32.2. The van der Waals surface area contributed by atoms with Crippen molar-refractivity contribution in [2.24, 2.45) is 0 Å². The fourth-order valence-electron chi connectivity index (χ4n) is 3.17. The van der Waals surface area contributed by atoms with Gasteiger partial charge in [-0.05, 0) is 44.5 Å². The van der Waals surface area contributed by atoms with Gasteiger partial charge in [-0.1, -0.05) is 11.0 Å². The lowest BCUT2D eigenvalue weighted by molar-refractivity contribution is -0.935. The molecule has 0 radical (unpaired) electrons. The number of sulfonamides is 1. The summed E-state index contributed by atoms with van der Waals surface area (Å²) in [4.78, 5) is 13.7. The SMILES string of the molecule is CC[N+](CC)(CC)Cc1cc(-c2ccc(C#N)c(F)c2)c(S(=O)(=O)NOP(C)(=O)[O-])s1. The molecule has 1 aromatic heterocycles. The minimum atomic E-state index is -4.38. The Bertz CT molecular complexity index is 1130. The van der Waals surface area contributed by atoms with Crippen LogP contribution >= 0.6 is 18.9 Å². The maximum absolute atomic E-state index is 14.2. The minimum Gasteiger partial charge on any atom is -0.777 e. The van der Waals surface area contributed by atoms with Crippen molar-refractivity contribution in [2.75, 3.05) is 26.3 Å². The molecule has 8 nitrogen and oxygen atoms in total. The third kappa shape index (κ3) is 6.20. The molecule has 1 aromatic carbocycles. The van der Waals surface area contributed by atoms with Crippen molar-refractivity contribution in [3.8, 4) is 17.2 Å². The highest BCUT2D eigenvalue weighted by molar-refractivity contribution is 7.91. The molecule has 2 rings (SSSR count). The smallest absolute Gasteiger partial charge is 0.272 e. The molecule has 0 amide bonds. The van der Waals surface area contributed by atoms with Gasteiger partial charge in [0.05, 0.1) is 30.1 Å². The van der Waals surface area contributed by atoms with Crippen LogP contribution in [0.15, 0.2) is 28.5 Å². The maximum Gasteiger partial charge on any atom is 0.272 e. The van der Waals surface area contributed by atoms with Gasteiger partial charge in [0.1, 0.15) is 22.6 Å². The van der Waals surface area contributed by atoms with Crippen molar-refractivity contribution in [1.29, 1.82) is 5.26 Å². The molecule has 2 aromatic rings. The molecule has 0 bridgehead atoms. The number of nitrogens with zero attached hydrogens (tertiary/aromatic N) is 2. The first-order valence-corrected chi connectivity index (χ1v) is 13.9. The van der Waals surface area contributed by atoms with Crippen LogP contribution in [0.3, 0.4) is 0 Å². The molecule has 1 heterocycles. The van der Waals surface area contributed by atoms with Crippen LogP contribution in [0, 0.1) is 17.1 Å². The lowest BCUT2D eigenvalue weighted by atomic mass is 10.1. The minimum absolute atomic E-state index is 0.165. The summed E-state index contributed by atoms with van der Waals surface area (Å²) in [6.45, 7) is 9.97. The van der Waals surface area contributed by atoms with Gasteiger partial charge in [-0.15, -0.1) is 11.3 Å². The summed E-state index contributed by atoms with van der Waals surface area (Å²) in [6, 6.07) is 7.19. The predicted molar refractivity (Wildman–Crippen MR) is 115 cm³/mol. The Morgan fingerprint density at radius 1 is 1.26 bits per heavy atom. The standard InChI is InChI=1S/C19H25FN3O5PS2/c1-5-23(6-2,7-3)13-16-11-17(14-8-9-15(12-21)18(20)10-14)19(30-16)31(26,27)22-28-29(4,24)25/h8-11,22H,5-7,13H2,1-4H3. The predicted octanol–water partition coefficient (Wildman–Crippen LogP) is 3.20. The zero-order valence-electron chi connectivity index (χ0n) is 17.7. The fraction of sp³-hybridized carbons (Fsp3) is 0.421. The number of halogens is 1. The van der Waals surface area contributed by atoms with Crippen molar-refractivity contribution in [2.45, 2.75) is 31.5 Å². The molecule has 0 aliphatic carbocycles. The summed E-state index contributed by atoms with van der Waals surface area (Å²) in [5, 5.41) is 8.95. The number of hydrogen-bond donors (Lipinski definition) is 1. The van der Waals surface area contributed by atoms with Crippen molar-refractivity contribution < 1.29 is 31.4 Å². The third-order valence-electron chi connectivity index (χ3n) is 5.21. The summed E-state index contributed by atoms with van der Waals surface area (Å²) in [6.07, 6.45) is 0. The van der Waals surface area contributed by atoms with Crippen LogP contribution in [0.1, 0.15) is 31.2 Å². The van der Waals surface area contributed by atoms with Gasteiger partial charge in [0.25, 0.3) is 10.0 Å². The van der Waals surface area contributed by atoms with Crippen LogP contribution in [0.2, 0.25) is 0 Å². The molecule has 12 heteroatoms. The zero-order chi connectivity index (χ0) is 23.4. The van der Waals surface area contributed by atoms with E-state index in [0.29, 0.717) is 6.54 Å². The van der Waals surface area contributed by atoms with E-state index in [1.165, 1.54) is 12.1 Å². The largest absolute Gasteiger partial charge is 0.777 e. The quantitative estimate of drug-likeness (QED) is 0.311. The Balaban J connectivity index is 2.61. The number of nitrogens with one attached hydrogen (secondary N) is 1. The Hall–Kier alpha value is -1.64. The molecule has 0 fully saturated rings. The number of rotatable bonds is 10. The van der Waals surface area contributed by atoms with Crippen LogP contribution in [-0.2, 0) is 25.8 Å². The number of quaternary nitrogens is 1. The number of hydrogen-bond acceptors (Lipinski definition) is 7. The summed E-state index contributed by atoms with van der Waals surface area (Å²) in [5.41, 5.74) is 0.295. The second-order valence-electron chi connectivity index (χ2n) is 7.12. The van der Waals surface area contributed by atoms with Crippen LogP contribution < -0.4 is 9.78 Å². The molecular formula is C19H25FN3O5PS2. The van der Waals surface area contributed by atoms with E-state index >= 15 is 0 Å². The van der Waals surface area contributed by atoms with Gasteiger partial charge in [0.15, 0.2) is 7.60 Å². The van der Waals surface area contributed by atoms with E-state index in [-0.39, 0.29) is 20.9 Å². The number of thiophene rings is 1. The molecule has 1 unspecified atom stereocenters. The zero-order valence-corrected chi connectivity index (χ0v) is 20.2. The summed E-state index contributed by atoms with van der Waals surface area (Å²) >= 11 is 0.975. The topological polar surface area (TPSA) is 119 Å². The average molecular weight is 490 g/mol. The first-order chi connectivity index (χ1) is 14.4. The number of nitriles is 1. The highest BCUT2D eigenvalue weighted by Gasteiger charge is 2.29. The van der Waals surface area contributed by atoms with E-state index in [1.54, 1.807) is 17.0 Å². The van der Waals surface area contributed by atoms with E-state index in [4.69, 9.17) is 5.26 Å². The van der Waals surface area contributed by atoms with Gasteiger partial charge in [0, 0.05) is 12.2 Å². The summed E-state index contributed by atoms with van der Waals surface area (Å²) < 4.78 is 56.0. The summed E-state index contributed by atoms with van der Waals surface area (Å²) in [7, 11) is -8.74. The van der Waals surface area contributed by atoms with Crippen molar-refractivity contribution >= 4 is 29.0 Å². The van der Waals surface area contributed by atoms with Gasteiger partial charge in [-0.25, -0.2) is 17.4 Å². The van der Waals surface area contributed by atoms with Crippen LogP contribution in [-0.4, -0.2) is 39.2 Å². The second kappa shape index (κ2) is 9.88. The Labute approximate surface area is 186 Å². The van der Waals surface area contributed by atoms with Gasteiger partial charge in [-0.2, -0.15) is 5.26 Å². The fourth-order valence-corrected chi connectivity index (χ4v) is 6.54. The molecule has 170 valence electrons. The molecule has 31 heavy (non-hydrogen) atoms. The first kappa shape index (κ1) is 25.6. The average Bonchev–Trinajstić information content (AvgIpc) is 3.15. The van der Waals surface area contributed by atoms with Crippen LogP contribution in [0.4, 0.5) is 4.39 Å². The van der Waals surface area contributed by atoms with Gasteiger partial charge < -0.3 is 13.9 Å². The first-order valence-electron chi connectivity index (χ1n) is 9.57. The lowest BCUT2D eigenvalue weighted by Crippen LogP contribution is -2.46. The van der Waals surface area contributed by atoms with Crippen LogP contribution in [0.25, 0.3) is 11.1 Å². The Morgan fingerprint density at radius 3 is 2.35 bits per heavy atom. The molecule has 0 spiro atoms. The van der Waals surface area contributed by atoms with E-state index < -0.39 is 23.4 Å². The van der Waals surface area contributed by atoms with E-state index in [2.05, 4.69) is 25.4 Å². The molecule has 1 atom stereocenters. The van der Waals surface area contributed by atoms with Crippen LogP contribution in [0.5, 0.6) is 0 Å². The monoisotopic (exact) mass is 489 g/mol. The van der Waals surface area contributed by atoms with Crippen molar-refractivity contribution in [3.63, 3.8) is 0 Å². The second-order valence-corrected chi connectivity index (χ2v) is 11.8. The van der Waals surface area contributed by atoms with E-state index in [0.717, 1.165) is 53.1 Å². The highest BCUT2D eigenvalue weighted by Crippen LogP contribution is 2.38. The molecular weight excluding hydrogens is 464 g/mol. The molecule has 0 aliphatic rings. The van der Waals surface area contributed by atoms with E-state index in [9.17, 15) is 22.3 Å². The van der Waals surface area contributed by atoms with Gasteiger partial charge in [-0.3, -0.25) is 0 Å². The number of benzene rings is 1. The van der Waals surface area contributed by atoms with Crippen molar-refractivity contribution in [3.05, 3.63) is 40.5 Å². The Kier molecular flexibility index (Phi) is 8.16. The summed E-state index contributed by atoms with van der Waals surface area (Å²) in [5.74, 6) is -0.779. The van der Waals surface area contributed by atoms with Gasteiger partial charge in [0.2, 0.25) is 0 Å².